The average molecular weight is 388 g/mol. The first kappa shape index (κ1) is 17.3. The Labute approximate surface area is 165 Å². The number of halogens is 1. The summed E-state index contributed by atoms with van der Waals surface area (Å²) in [7, 11) is 1.88. The molecule has 0 amide bonds. The zero-order valence-electron chi connectivity index (χ0n) is 15.6. The number of aromatic amines is 1. The highest BCUT2D eigenvalue weighted by Gasteiger charge is 2.15. The Kier molecular flexibility index (Phi) is 4.16. The molecule has 0 unspecified atom stereocenters. The number of nitrogens with one attached hydrogen (secondary N) is 1. The van der Waals surface area contributed by atoms with Gasteiger partial charge < -0.3 is 9.40 Å². The van der Waals surface area contributed by atoms with Crippen LogP contribution in [0.1, 0.15) is 11.5 Å². The molecule has 0 bridgehead atoms. The van der Waals surface area contributed by atoms with Gasteiger partial charge in [-0.1, -0.05) is 12.1 Å². The molecule has 0 aliphatic carbocycles. The molecule has 0 spiro atoms. The Morgan fingerprint density at radius 2 is 2.03 bits per heavy atom. The van der Waals surface area contributed by atoms with Crippen LogP contribution < -0.4 is 0 Å². The molecule has 1 aromatic carbocycles. The number of H-pyrrole nitrogens is 1. The SMILES string of the molecule is Cn1cc(-c2cnc3[nH]cc(-c4nnc(CCc5cccc(F)c5)o4)c3c2)cn1. The fourth-order valence-corrected chi connectivity index (χ4v) is 3.32. The molecule has 0 aliphatic rings. The van der Waals surface area contributed by atoms with Gasteiger partial charge in [-0.2, -0.15) is 5.10 Å². The van der Waals surface area contributed by atoms with Crippen LogP contribution in [0.3, 0.4) is 0 Å². The van der Waals surface area contributed by atoms with Crippen molar-refractivity contribution in [1.29, 1.82) is 0 Å². The molecule has 0 radical (unpaired) electrons. The monoisotopic (exact) mass is 388 g/mol. The number of fused-ring (bicyclic) bond motifs is 1. The Balaban J connectivity index is 1.42. The van der Waals surface area contributed by atoms with Gasteiger partial charge in [0.05, 0.1) is 11.8 Å². The van der Waals surface area contributed by atoms with Gasteiger partial charge in [0.25, 0.3) is 0 Å². The van der Waals surface area contributed by atoms with E-state index in [1.54, 1.807) is 23.1 Å². The third-order valence-corrected chi connectivity index (χ3v) is 4.78. The van der Waals surface area contributed by atoms with Crippen LogP contribution in [0.4, 0.5) is 4.39 Å². The number of aryl methyl sites for hydroxylation is 3. The van der Waals surface area contributed by atoms with Crippen LogP contribution in [0.5, 0.6) is 0 Å². The van der Waals surface area contributed by atoms with E-state index in [1.807, 2.05) is 31.6 Å². The van der Waals surface area contributed by atoms with Crippen molar-refractivity contribution in [1.82, 2.24) is 29.9 Å². The maximum atomic E-state index is 13.3. The molecule has 0 saturated heterocycles. The minimum absolute atomic E-state index is 0.246. The van der Waals surface area contributed by atoms with Crippen LogP contribution in [-0.2, 0) is 19.9 Å². The van der Waals surface area contributed by atoms with E-state index in [2.05, 4.69) is 25.3 Å². The quantitative estimate of drug-likeness (QED) is 0.493. The summed E-state index contributed by atoms with van der Waals surface area (Å²) in [6.45, 7) is 0. The highest BCUT2D eigenvalue weighted by Crippen LogP contribution is 2.30. The number of hydrogen-bond donors (Lipinski definition) is 1. The Morgan fingerprint density at radius 3 is 2.86 bits per heavy atom. The zero-order valence-corrected chi connectivity index (χ0v) is 15.6. The molecule has 5 rings (SSSR count). The maximum absolute atomic E-state index is 13.3. The van der Waals surface area contributed by atoms with Crippen molar-refractivity contribution in [2.24, 2.45) is 7.05 Å². The van der Waals surface area contributed by atoms with Crippen LogP contribution in [-0.4, -0.2) is 29.9 Å². The number of aromatic nitrogens is 6. The second-order valence-corrected chi connectivity index (χ2v) is 6.86. The summed E-state index contributed by atoms with van der Waals surface area (Å²) < 4.78 is 20.9. The summed E-state index contributed by atoms with van der Waals surface area (Å²) in [5.74, 6) is 0.690. The molecular formula is C21H17FN6O. The van der Waals surface area contributed by atoms with Gasteiger partial charge in [-0.25, -0.2) is 9.37 Å². The van der Waals surface area contributed by atoms with Crippen molar-refractivity contribution >= 4 is 11.0 Å². The lowest BCUT2D eigenvalue weighted by atomic mass is 10.1. The molecule has 144 valence electrons. The standard InChI is InChI=1S/C21H17FN6O/c1-28-12-15(10-25-28)14-8-17-18(11-24-20(17)23-9-14)21-27-26-19(29-21)6-5-13-3-2-4-16(22)7-13/h2-4,7-12H,5-6H2,1H3,(H,23,24). The number of benzene rings is 1. The summed E-state index contributed by atoms with van der Waals surface area (Å²) >= 11 is 0. The fourth-order valence-electron chi connectivity index (χ4n) is 3.32. The molecule has 0 aliphatic heterocycles. The number of pyridine rings is 1. The maximum Gasteiger partial charge on any atom is 0.249 e. The van der Waals surface area contributed by atoms with Crippen LogP contribution in [0.25, 0.3) is 33.6 Å². The van der Waals surface area contributed by atoms with E-state index < -0.39 is 0 Å². The third kappa shape index (κ3) is 3.40. The summed E-state index contributed by atoms with van der Waals surface area (Å²) in [6, 6.07) is 8.55. The summed E-state index contributed by atoms with van der Waals surface area (Å²) in [5, 5.41) is 13.4. The van der Waals surface area contributed by atoms with Crippen molar-refractivity contribution in [2.75, 3.05) is 0 Å². The first-order chi connectivity index (χ1) is 14.2. The summed E-state index contributed by atoms with van der Waals surface area (Å²) in [6.07, 6.45) is 8.52. The molecule has 7 nitrogen and oxygen atoms in total. The highest BCUT2D eigenvalue weighted by molar-refractivity contribution is 5.93. The molecule has 0 fully saturated rings. The lowest BCUT2D eigenvalue weighted by Gasteiger charge is -1.99. The van der Waals surface area contributed by atoms with Gasteiger partial charge in [-0.15, -0.1) is 10.2 Å². The predicted octanol–water partition coefficient (Wildman–Crippen LogP) is 3.94. The van der Waals surface area contributed by atoms with E-state index in [0.717, 1.165) is 33.3 Å². The van der Waals surface area contributed by atoms with Crippen LogP contribution in [0.15, 0.2) is 59.5 Å². The molecule has 4 aromatic heterocycles. The van der Waals surface area contributed by atoms with Crippen LogP contribution >= 0.6 is 0 Å². The summed E-state index contributed by atoms with van der Waals surface area (Å²) in [5.41, 5.74) is 4.37. The Morgan fingerprint density at radius 1 is 1.10 bits per heavy atom. The first-order valence-electron chi connectivity index (χ1n) is 9.19. The van der Waals surface area contributed by atoms with Crippen molar-refractivity contribution in [3.05, 3.63) is 72.4 Å². The van der Waals surface area contributed by atoms with Gasteiger partial charge in [0.15, 0.2) is 0 Å². The molecule has 8 heteroatoms. The molecule has 0 atom stereocenters. The van der Waals surface area contributed by atoms with Crippen LogP contribution in [0, 0.1) is 5.82 Å². The largest absolute Gasteiger partial charge is 0.421 e. The smallest absolute Gasteiger partial charge is 0.249 e. The number of rotatable bonds is 5. The van der Waals surface area contributed by atoms with Crippen molar-refractivity contribution in [2.45, 2.75) is 12.8 Å². The van der Waals surface area contributed by atoms with Crippen molar-refractivity contribution < 1.29 is 8.81 Å². The lowest BCUT2D eigenvalue weighted by molar-refractivity contribution is 0.504. The summed E-state index contributed by atoms with van der Waals surface area (Å²) in [4.78, 5) is 7.63. The first-order valence-corrected chi connectivity index (χ1v) is 9.19. The Bertz CT molecular complexity index is 1300. The topological polar surface area (TPSA) is 85.4 Å². The minimum atomic E-state index is -0.246. The van der Waals surface area contributed by atoms with Gasteiger partial charge in [0.1, 0.15) is 11.5 Å². The molecular weight excluding hydrogens is 371 g/mol. The van der Waals surface area contributed by atoms with E-state index in [4.69, 9.17) is 4.42 Å². The predicted molar refractivity (Wildman–Crippen MR) is 105 cm³/mol. The van der Waals surface area contributed by atoms with Crippen molar-refractivity contribution in [3.63, 3.8) is 0 Å². The molecule has 1 N–H and O–H groups in total. The average Bonchev–Trinajstić information content (AvgIpc) is 3.45. The molecule has 5 aromatic rings. The zero-order chi connectivity index (χ0) is 19.8. The lowest BCUT2D eigenvalue weighted by Crippen LogP contribution is -1.92. The number of nitrogens with zero attached hydrogens (tertiary/aromatic N) is 5. The van der Waals surface area contributed by atoms with Gasteiger partial charge in [-0.05, 0) is 30.2 Å². The third-order valence-electron chi connectivity index (χ3n) is 4.78. The molecule has 4 heterocycles. The normalized spacial score (nSPS) is 11.4. The van der Waals surface area contributed by atoms with E-state index >= 15 is 0 Å². The van der Waals surface area contributed by atoms with Crippen molar-refractivity contribution in [3.8, 4) is 22.6 Å². The van der Waals surface area contributed by atoms with Gasteiger partial charge in [0.2, 0.25) is 11.8 Å². The van der Waals surface area contributed by atoms with Gasteiger partial charge >= 0.3 is 0 Å². The van der Waals surface area contributed by atoms with E-state index in [0.29, 0.717) is 24.6 Å². The van der Waals surface area contributed by atoms with Gasteiger partial charge in [-0.3, -0.25) is 4.68 Å². The minimum Gasteiger partial charge on any atom is -0.421 e. The number of hydrogen-bond acceptors (Lipinski definition) is 5. The second kappa shape index (κ2) is 6.97. The Hall–Kier alpha value is -3.81. The van der Waals surface area contributed by atoms with Crippen LogP contribution in [0.2, 0.25) is 0 Å². The van der Waals surface area contributed by atoms with E-state index in [-0.39, 0.29) is 5.82 Å². The highest BCUT2D eigenvalue weighted by atomic mass is 19.1. The molecule has 29 heavy (non-hydrogen) atoms. The fraction of sp³-hybridized carbons (Fsp3) is 0.143. The van der Waals surface area contributed by atoms with E-state index in [1.165, 1.54) is 12.1 Å². The second-order valence-electron chi connectivity index (χ2n) is 6.86. The van der Waals surface area contributed by atoms with Gasteiger partial charge in [0, 0.05) is 48.6 Å². The van der Waals surface area contributed by atoms with E-state index in [9.17, 15) is 4.39 Å². The molecule has 0 saturated carbocycles.